The summed E-state index contributed by atoms with van der Waals surface area (Å²) in [5, 5.41) is 4.31. The summed E-state index contributed by atoms with van der Waals surface area (Å²) in [6, 6.07) is 6.58. The van der Waals surface area contributed by atoms with E-state index in [9.17, 15) is 4.39 Å². The standard InChI is InChI=1S/C18H21FN4O/c1-2-3-8-24-23-17-10-13(12-4-6-14(19)7-5-12)9-16-15(17)11-21-18(20)22-16/h4-7,11,13H,2-3,8-10H2,1H3,(H2,20,21,22)/b23-17+. The first-order valence-corrected chi connectivity index (χ1v) is 8.23. The van der Waals surface area contributed by atoms with Crippen LogP contribution in [0.3, 0.4) is 0 Å². The molecule has 3 rings (SSSR count). The van der Waals surface area contributed by atoms with E-state index in [0.717, 1.165) is 41.8 Å². The normalized spacial score (nSPS) is 18.4. The molecule has 6 heteroatoms. The molecule has 2 N–H and O–H groups in total. The lowest BCUT2D eigenvalue weighted by atomic mass is 9.82. The van der Waals surface area contributed by atoms with E-state index in [1.165, 1.54) is 12.1 Å². The number of nitrogen functional groups attached to an aromatic ring is 1. The van der Waals surface area contributed by atoms with Gasteiger partial charge in [-0.15, -0.1) is 0 Å². The predicted octanol–water partition coefficient (Wildman–Crippen LogP) is 3.45. The summed E-state index contributed by atoms with van der Waals surface area (Å²) in [4.78, 5) is 13.9. The zero-order chi connectivity index (χ0) is 16.9. The minimum Gasteiger partial charge on any atom is -0.396 e. The van der Waals surface area contributed by atoms with Gasteiger partial charge in [-0.2, -0.15) is 0 Å². The van der Waals surface area contributed by atoms with E-state index in [1.54, 1.807) is 6.20 Å². The highest BCUT2D eigenvalue weighted by Gasteiger charge is 2.27. The predicted molar refractivity (Wildman–Crippen MR) is 91.3 cm³/mol. The van der Waals surface area contributed by atoms with Crippen molar-refractivity contribution < 1.29 is 9.23 Å². The Morgan fingerprint density at radius 3 is 2.83 bits per heavy atom. The molecule has 0 saturated carbocycles. The number of benzene rings is 1. The highest BCUT2D eigenvalue weighted by molar-refractivity contribution is 6.02. The quantitative estimate of drug-likeness (QED) is 0.674. The number of oxime groups is 1. The van der Waals surface area contributed by atoms with E-state index >= 15 is 0 Å². The van der Waals surface area contributed by atoms with Crippen LogP contribution in [-0.2, 0) is 11.3 Å². The van der Waals surface area contributed by atoms with Crippen LogP contribution in [0.2, 0.25) is 0 Å². The number of hydrogen-bond donors (Lipinski definition) is 1. The van der Waals surface area contributed by atoms with E-state index in [4.69, 9.17) is 10.6 Å². The van der Waals surface area contributed by atoms with E-state index in [0.29, 0.717) is 13.0 Å². The van der Waals surface area contributed by atoms with Crippen molar-refractivity contribution in [2.75, 3.05) is 12.3 Å². The second-order valence-corrected chi connectivity index (χ2v) is 5.97. The third-order valence-corrected chi connectivity index (χ3v) is 4.18. The van der Waals surface area contributed by atoms with Gasteiger partial charge in [0, 0.05) is 18.2 Å². The Labute approximate surface area is 140 Å². The molecule has 1 heterocycles. The van der Waals surface area contributed by atoms with Gasteiger partial charge in [0.05, 0.1) is 11.4 Å². The molecule has 1 aromatic carbocycles. The van der Waals surface area contributed by atoms with Gasteiger partial charge in [0.15, 0.2) is 0 Å². The van der Waals surface area contributed by atoms with Crippen LogP contribution >= 0.6 is 0 Å². The maximum Gasteiger partial charge on any atom is 0.220 e. The fourth-order valence-electron chi connectivity index (χ4n) is 2.87. The lowest BCUT2D eigenvalue weighted by Crippen LogP contribution is -2.22. The number of unbranched alkanes of at least 4 members (excludes halogenated alkanes) is 1. The summed E-state index contributed by atoms with van der Waals surface area (Å²) in [7, 11) is 0. The van der Waals surface area contributed by atoms with Crippen LogP contribution in [0.5, 0.6) is 0 Å². The molecule has 0 saturated heterocycles. The van der Waals surface area contributed by atoms with Crippen LogP contribution in [0.1, 0.15) is 48.9 Å². The van der Waals surface area contributed by atoms with Crippen molar-refractivity contribution in [3.05, 3.63) is 53.1 Å². The van der Waals surface area contributed by atoms with Crippen molar-refractivity contribution in [1.82, 2.24) is 9.97 Å². The number of nitrogens with two attached hydrogens (primary N) is 1. The Kier molecular flexibility index (Phi) is 5.03. The molecule has 1 unspecified atom stereocenters. The smallest absolute Gasteiger partial charge is 0.220 e. The highest BCUT2D eigenvalue weighted by atomic mass is 19.1. The van der Waals surface area contributed by atoms with Crippen LogP contribution in [0.25, 0.3) is 0 Å². The zero-order valence-electron chi connectivity index (χ0n) is 13.7. The summed E-state index contributed by atoms with van der Waals surface area (Å²) in [6.07, 6.45) is 5.16. The zero-order valence-corrected chi connectivity index (χ0v) is 13.7. The molecule has 5 nitrogen and oxygen atoms in total. The van der Waals surface area contributed by atoms with Crippen molar-refractivity contribution in [3.63, 3.8) is 0 Å². The molecule has 1 aromatic heterocycles. The average molecular weight is 328 g/mol. The third kappa shape index (κ3) is 3.69. The molecule has 0 spiro atoms. The van der Waals surface area contributed by atoms with Gasteiger partial charge in [-0.3, -0.25) is 0 Å². The monoisotopic (exact) mass is 328 g/mol. The van der Waals surface area contributed by atoms with Gasteiger partial charge in [-0.1, -0.05) is 30.6 Å². The molecule has 0 bridgehead atoms. The summed E-state index contributed by atoms with van der Waals surface area (Å²) in [5.41, 5.74) is 9.36. The van der Waals surface area contributed by atoms with E-state index < -0.39 is 0 Å². The Morgan fingerprint density at radius 1 is 1.29 bits per heavy atom. The Morgan fingerprint density at radius 2 is 2.08 bits per heavy atom. The highest BCUT2D eigenvalue weighted by Crippen LogP contribution is 2.32. The van der Waals surface area contributed by atoms with Gasteiger partial charge in [0.25, 0.3) is 0 Å². The molecular weight excluding hydrogens is 307 g/mol. The molecule has 0 amide bonds. The first-order valence-electron chi connectivity index (χ1n) is 8.23. The Balaban J connectivity index is 1.89. The summed E-state index contributed by atoms with van der Waals surface area (Å²) < 4.78 is 13.2. The number of nitrogens with zero attached hydrogens (tertiary/aromatic N) is 3. The molecular formula is C18H21FN4O. The van der Waals surface area contributed by atoms with E-state index in [-0.39, 0.29) is 17.7 Å². The number of anilines is 1. The molecule has 1 aliphatic rings. The molecule has 0 aliphatic heterocycles. The first-order chi connectivity index (χ1) is 11.7. The van der Waals surface area contributed by atoms with E-state index in [2.05, 4.69) is 22.0 Å². The minimum absolute atomic E-state index is 0.168. The molecule has 126 valence electrons. The number of halogens is 1. The lowest BCUT2D eigenvalue weighted by Gasteiger charge is -2.25. The maximum absolute atomic E-state index is 13.2. The third-order valence-electron chi connectivity index (χ3n) is 4.18. The van der Waals surface area contributed by atoms with E-state index in [1.807, 2.05) is 12.1 Å². The van der Waals surface area contributed by atoms with Crippen LogP contribution in [0.4, 0.5) is 10.3 Å². The van der Waals surface area contributed by atoms with Gasteiger partial charge in [0.1, 0.15) is 12.4 Å². The number of hydrogen-bond acceptors (Lipinski definition) is 5. The molecule has 0 radical (unpaired) electrons. The fourth-order valence-corrected chi connectivity index (χ4v) is 2.87. The summed E-state index contributed by atoms with van der Waals surface area (Å²) in [6.45, 7) is 2.69. The van der Waals surface area contributed by atoms with Gasteiger partial charge >= 0.3 is 0 Å². The van der Waals surface area contributed by atoms with Crippen LogP contribution in [0.15, 0.2) is 35.6 Å². The number of rotatable bonds is 5. The topological polar surface area (TPSA) is 73.4 Å². The summed E-state index contributed by atoms with van der Waals surface area (Å²) >= 11 is 0. The first kappa shape index (κ1) is 16.4. The van der Waals surface area contributed by atoms with Crippen molar-refractivity contribution in [2.24, 2.45) is 5.16 Å². The van der Waals surface area contributed by atoms with Crippen molar-refractivity contribution >= 4 is 11.7 Å². The maximum atomic E-state index is 13.2. The van der Waals surface area contributed by atoms with Crippen molar-refractivity contribution in [2.45, 2.75) is 38.5 Å². The molecule has 1 aliphatic carbocycles. The average Bonchev–Trinajstić information content (AvgIpc) is 2.58. The van der Waals surface area contributed by atoms with Crippen molar-refractivity contribution in [1.29, 1.82) is 0 Å². The minimum atomic E-state index is -0.238. The largest absolute Gasteiger partial charge is 0.396 e. The fraction of sp³-hybridized carbons (Fsp3) is 0.389. The number of fused-ring (bicyclic) bond motifs is 1. The second-order valence-electron chi connectivity index (χ2n) is 5.97. The molecule has 24 heavy (non-hydrogen) atoms. The van der Waals surface area contributed by atoms with Crippen molar-refractivity contribution in [3.8, 4) is 0 Å². The molecule has 1 atom stereocenters. The number of aromatic nitrogens is 2. The molecule has 2 aromatic rings. The Hall–Kier alpha value is -2.50. The SMILES string of the molecule is CCCCO/N=C1\CC(c2ccc(F)cc2)Cc2nc(N)ncc21. The Bertz CT molecular complexity index is 730. The van der Waals surface area contributed by atoms with Crippen LogP contribution < -0.4 is 5.73 Å². The van der Waals surface area contributed by atoms with Gasteiger partial charge in [-0.05, 0) is 36.5 Å². The molecule has 0 fully saturated rings. The lowest BCUT2D eigenvalue weighted by molar-refractivity contribution is 0.140. The van der Waals surface area contributed by atoms with Crippen LogP contribution in [0, 0.1) is 5.82 Å². The van der Waals surface area contributed by atoms with Gasteiger partial charge in [-0.25, -0.2) is 14.4 Å². The second kappa shape index (κ2) is 7.38. The van der Waals surface area contributed by atoms with Gasteiger partial charge < -0.3 is 10.6 Å². The van der Waals surface area contributed by atoms with Gasteiger partial charge in [0.2, 0.25) is 5.95 Å². The summed E-state index contributed by atoms with van der Waals surface area (Å²) in [5.74, 6) is 0.180. The van der Waals surface area contributed by atoms with Crippen LogP contribution in [-0.4, -0.2) is 22.3 Å².